The minimum atomic E-state index is -0.0200. The molecule has 4 nitrogen and oxygen atoms in total. The molecule has 4 rings (SSSR count). The first-order valence-corrected chi connectivity index (χ1v) is 9.26. The van der Waals surface area contributed by atoms with Gasteiger partial charge in [-0.2, -0.15) is 5.10 Å². The van der Waals surface area contributed by atoms with Gasteiger partial charge < -0.3 is 5.32 Å². The molecule has 0 bridgehead atoms. The number of hydrogen-bond acceptors (Lipinski definition) is 2. The van der Waals surface area contributed by atoms with E-state index in [2.05, 4.69) is 41.6 Å². The fourth-order valence-electron chi connectivity index (χ4n) is 3.76. The molecule has 1 amide bonds. The van der Waals surface area contributed by atoms with Crippen LogP contribution in [0.4, 0.5) is 0 Å². The Morgan fingerprint density at radius 1 is 1.08 bits per heavy atom. The average Bonchev–Trinajstić information content (AvgIpc) is 3.26. The summed E-state index contributed by atoms with van der Waals surface area (Å²) in [6.07, 6.45) is 5.29. The number of rotatable bonds is 5. The van der Waals surface area contributed by atoms with Gasteiger partial charge in [0.1, 0.15) is 0 Å². The summed E-state index contributed by atoms with van der Waals surface area (Å²) in [7, 11) is 0. The van der Waals surface area contributed by atoms with Crippen LogP contribution in [-0.4, -0.2) is 21.7 Å². The summed E-state index contributed by atoms with van der Waals surface area (Å²) in [4.78, 5) is 12.9. The third-order valence-corrected chi connectivity index (χ3v) is 4.99. The van der Waals surface area contributed by atoms with Gasteiger partial charge in [0, 0.05) is 6.04 Å². The Kier molecular flexibility index (Phi) is 4.57. The molecule has 0 atom stereocenters. The lowest BCUT2D eigenvalue weighted by Crippen LogP contribution is -2.35. The molecule has 0 saturated heterocycles. The van der Waals surface area contributed by atoms with Gasteiger partial charge >= 0.3 is 0 Å². The molecule has 1 heterocycles. The summed E-state index contributed by atoms with van der Waals surface area (Å²) in [5.74, 6) is -0.0200. The number of fused-ring (bicyclic) bond motifs is 1. The largest absolute Gasteiger partial charge is 0.349 e. The lowest BCUT2D eigenvalue weighted by Gasteiger charge is -2.13. The summed E-state index contributed by atoms with van der Waals surface area (Å²) >= 11 is 0. The van der Waals surface area contributed by atoms with Crippen LogP contribution in [0, 0.1) is 0 Å². The summed E-state index contributed by atoms with van der Waals surface area (Å²) in [5, 5.41) is 7.71. The molecule has 1 aromatic heterocycles. The van der Waals surface area contributed by atoms with Gasteiger partial charge in [-0.3, -0.25) is 4.79 Å². The molecular weight excluding hydrogens is 322 g/mol. The van der Waals surface area contributed by atoms with E-state index >= 15 is 0 Å². The van der Waals surface area contributed by atoms with Gasteiger partial charge in [-0.05, 0) is 42.5 Å². The van der Waals surface area contributed by atoms with Gasteiger partial charge in [0.15, 0.2) is 0 Å². The molecule has 2 aromatic carbocycles. The Bertz CT molecular complexity index is 889. The van der Waals surface area contributed by atoms with Crippen molar-refractivity contribution in [1.82, 2.24) is 15.1 Å². The molecule has 1 N–H and O–H groups in total. The van der Waals surface area contributed by atoms with E-state index in [-0.39, 0.29) is 11.9 Å². The second-order valence-corrected chi connectivity index (χ2v) is 6.85. The van der Waals surface area contributed by atoms with Gasteiger partial charge in [-0.1, -0.05) is 55.8 Å². The maximum Gasteiger partial charge on any atom is 0.255 e. The summed E-state index contributed by atoms with van der Waals surface area (Å²) in [6, 6.07) is 18.6. The first-order chi connectivity index (χ1) is 12.8. The lowest BCUT2D eigenvalue weighted by molar-refractivity contribution is 0.0937. The Hall–Kier alpha value is -2.88. The maximum atomic E-state index is 12.9. The SMILES string of the molecule is CCCc1c(C(=O)NC2Cc3ccccc3C2)cnn1-c1ccccc1. The van der Waals surface area contributed by atoms with Crippen LogP contribution in [0.15, 0.2) is 60.8 Å². The van der Waals surface area contributed by atoms with Crippen LogP contribution in [0.5, 0.6) is 0 Å². The zero-order valence-corrected chi connectivity index (χ0v) is 15.0. The zero-order chi connectivity index (χ0) is 17.9. The number of carbonyl (C=O) groups excluding carboxylic acids is 1. The minimum absolute atomic E-state index is 0.0200. The smallest absolute Gasteiger partial charge is 0.255 e. The number of benzene rings is 2. The highest BCUT2D eigenvalue weighted by Gasteiger charge is 2.25. The van der Waals surface area contributed by atoms with Crippen LogP contribution in [0.3, 0.4) is 0 Å². The number of nitrogens with one attached hydrogen (secondary N) is 1. The van der Waals surface area contributed by atoms with E-state index in [4.69, 9.17) is 0 Å². The van der Waals surface area contributed by atoms with Crippen molar-refractivity contribution in [2.24, 2.45) is 0 Å². The van der Waals surface area contributed by atoms with Crippen molar-refractivity contribution in [1.29, 1.82) is 0 Å². The normalized spacial score (nSPS) is 13.6. The van der Waals surface area contributed by atoms with Gasteiger partial charge in [-0.15, -0.1) is 0 Å². The Morgan fingerprint density at radius 2 is 1.73 bits per heavy atom. The average molecular weight is 345 g/mol. The third-order valence-electron chi connectivity index (χ3n) is 4.99. The first kappa shape index (κ1) is 16.6. The van der Waals surface area contributed by atoms with Crippen molar-refractivity contribution < 1.29 is 4.79 Å². The predicted molar refractivity (Wildman–Crippen MR) is 103 cm³/mol. The molecule has 1 aliphatic rings. The highest BCUT2D eigenvalue weighted by molar-refractivity contribution is 5.95. The van der Waals surface area contributed by atoms with E-state index in [0.29, 0.717) is 5.56 Å². The Labute approximate surface area is 153 Å². The van der Waals surface area contributed by atoms with Crippen LogP contribution < -0.4 is 5.32 Å². The molecule has 0 radical (unpaired) electrons. The standard InChI is InChI=1S/C22H23N3O/c1-2-8-21-20(15-23-25(21)19-11-4-3-5-12-19)22(26)24-18-13-16-9-6-7-10-17(16)14-18/h3-7,9-12,15,18H,2,8,13-14H2,1H3,(H,24,26). The number of hydrogen-bond donors (Lipinski definition) is 1. The summed E-state index contributed by atoms with van der Waals surface area (Å²) in [5.41, 5.74) is 5.33. The molecule has 0 saturated carbocycles. The molecule has 0 fully saturated rings. The predicted octanol–water partition coefficient (Wildman–Crippen LogP) is 3.72. The lowest BCUT2D eigenvalue weighted by atomic mass is 10.1. The maximum absolute atomic E-state index is 12.9. The zero-order valence-electron chi connectivity index (χ0n) is 15.0. The van der Waals surface area contributed by atoms with Crippen LogP contribution >= 0.6 is 0 Å². The van der Waals surface area contributed by atoms with Crippen molar-refractivity contribution in [2.75, 3.05) is 0 Å². The third kappa shape index (κ3) is 3.15. The van der Waals surface area contributed by atoms with E-state index in [0.717, 1.165) is 37.1 Å². The highest BCUT2D eigenvalue weighted by Crippen LogP contribution is 2.23. The van der Waals surface area contributed by atoms with E-state index in [9.17, 15) is 4.79 Å². The fourth-order valence-corrected chi connectivity index (χ4v) is 3.76. The summed E-state index contributed by atoms with van der Waals surface area (Å²) in [6.45, 7) is 2.12. The van der Waals surface area contributed by atoms with Crippen molar-refractivity contribution in [2.45, 2.75) is 38.6 Å². The second kappa shape index (κ2) is 7.16. The van der Waals surface area contributed by atoms with Crippen molar-refractivity contribution >= 4 is 5.91 Å². The Morgan fingerprint density at radius 3 is 2.38 bits per heavy atom. The highest BCUT2D eigenvalue weighted by atomic mass is 16.1. The molecule has 3 aromatic rings. The number of aromatic nitrogens is 2. The first-order valence-electron chi connectivity index (χ1n) is 9.26. The van der Waals surface area contributed by atoms with Gasteiger partial charge in [-0.25, -0.2) is 4.68 Å². The van der Waals surface area contributed by atoms with Crippen LogP contribution in [0.2, 0.25) is 0 Å². The molecule has 132 valence electrons. The number of amides is 1. The monoisotopic (exact) mass is 345 g/mol. The van der Waals surface area contributed by atoms with Gasteiger partial charge in [0.05, 0.1) is 23.1 Å². The molecule has 0 unspecified atom stereocenters. The van der Waals surface area contributed by atoms with Crippen molar-refractivity contribution in [3.05, 3.63) is 83.2 Å². The van der Waals surface area contributed by atoms with E-state index in [1.165, 1.54) is 11.1 Å². The van der Waals surface area contributed by atoms with Crippen LogP contribution in [0.1, 0.15) is 40.5 Å². The molecule has 26 heavy (non-hydrogen) atoms. The summed E-state index contributed by atoms with van der Waals surface area (Å²) < 4.78 is 1.89. The molecule has 0 aliphatic heterocycles. The molecule has 1 aliphatic carbocycles. The number of para-hydroxylation sites is 1. The van der Waals surface area contributed by atoms with E-state index < -0.39 is 0 Å². The quantitative estimate of drug-likeness (QED) is 0.766. The fraction of sp³-hybridized carbons (Fsp3) is 0.273. The Balaban J connectivity index is 1.56. The van der Waals surface area contributed by atoms with Gasteiger partial charge in [0.2, 0.25) is 0 Å². The molecular formula is C22H23N3O. The van der Waals surface area contributed by atoms with Crippen molar-refractivity contribution in [3.8, 4) is 5.69 Å². The molecule has 4 heteroatoms. The van der Waals surface area contributed by atoms with Crippen LogP contribution in [0.25, 0.3) is 5.69 Å². The van der Waals surface area contributed by atoms with E-state index in [1.807, 2.05) is 35.0 Å². The number of carbonyl (C=O) groups is 1. The second-order valence-electron chi connectivity index (χ2n) is 6.85. The minimum Gasteiger partial charge on any atom is -0.349 e. The number of nitrogens with zero attached hydrogens (tertiary/aromatic N) is 2. The topological polar surface area (TPSA) is 46.9 Å². The van der Waals surface area contributed by atoms with Gasteiger partial charge in [0.25, 0.3) is 5.91 Å². The van der Waals surface area contributed by atoms with Crippen molar-refractivity contribution in [3.63, 3.8) is 0 Å². The van der Waals surface area contributed by atoms with Crippen LogP contribution in [-0.2, 0) is 19.3 Å². The van der Waals surface area contributed by atoms with E-state index in [1.54, 1.807) is 6.20 Å². The molecule has 0 spiro atoms.